The number of hydrogen-bond donors (Lipinski definition) is 1. The average molecular weight is 350 g/mol. The monoisotopic (exact) mass is 350 g/mol. The molecule has 126 valence electrons. The van der Waals surface area contributed by atoms with Crippen LogP contribution in [0.15, 0.2) is 48.6 Å². The van der Waals surface area contributed by atoms with Gasteiger partial charge in [-0.25, -0.2) is 15.0 Å². The van der Waals surface area contributed by atoms with Gasteiger partial charge in [-0.1, -0.05) is 29.8 Å². The predicted molar refractivity (Wildman–Crippen MR) is 101 cm³/mol. The number of aromatic nitrogens is 5. The molecule has 3 aromatic heterocycles. The molecule has 0 radical (unpaired) electrons. The third-order valence-corrected chi connectivity index (χ3v) is 4.93. The Hall–Kier alpha value is -2.80. The summed E-state index contributed by atoms with van der Waals surface area (Å²) in [5.74, 6) is 0.856. The number of hydrogen-bond acceptors (Lipinski definition) is 6. The first kappa shape index (κ1) is 15.7. The molecule has 25 heavy (non-hydrogen) atoms. The number of benzene rings is 1. The Kier molecular flexibility index (Phi) is 4.15. The molecule has 0 saturated heterocycles. The van der Waals surface area contributed by atoms with Gasteiger partial charge >= 0.3 is 0 Å². The maximum atomic E-state index is 4.49. The van der Waals surface area contributed by atoms with Crippen LogP contribution >= 0.6 is 11.3 Å². The normalized spacial score (nSPS) is 12.4. The maximum Gasteiger partial charge on any atom is 0.139 e. The molecule has 1 aromatic carbocycles. The summed E-state index contributed by atoms with van der Waals surface area (Å²) in [7, 11) is 0. The highest BCUT2D eigenvalue weighted by Crippen LogP contribution is 2.36. The summed E-state index contributed by atoms with van der Waals surface area (Å²) >= 11 is 1.64. The second-order valence-corrected chi connectivity index (χ2v) is 6.94. The van der Waals surface area contributed by atoms with E-state index in [4.69, 9.17) is 0 Å². The summed E-state index contributed by atoms with van der Waals surface area (Å²) < 4.78 is 1.81. The highest BCUT2D eigenvalue weighted by molar-refractivity contribution is 7.17. The van der Waals surface area contributed by atoms with E-state index in [1.165, 1.54) is 11.1 Å². The SMILES string of the molecule is Cc1ccc(-c2csc3ncnc(N[C@@H](C)Cn4cncn4)c23)cc1. The number of nitrogens with zero attached hydrogens (tertiary/aromatic N) is 5. The van der Waals surface area contributed by atoms with Gasteiger partial charge in [0.15, 0.2) is 0 Å². The predicted octanol–water partition coefficient (Wildman–Crippen LogP) is 3.76. The van der Waals surface area contributed by atoms with Crippen molar-refractivity contribution < 1.29 is 0 Å². The molecular formula is C18H18N6S. The Morgan fingerprint density at radius 3 is 2.76 bits per heavy atom. The van der Waals surface area contributed by atoms with Crippen LogP contribution in [0.4, 0.5) is 5.82 Å². The fraction of sp³-hybridized carbons (Fsp3) is 0.222. The van der Waals surface area contributed by atoms with Crippen LogP contribution in [-0.2, 0) is 6.54 Å². The molecular weight excluding hydrogens is 332 g/mol. The molecule has 0 spiro atoms. The number of nitrogens with one attached hydrogen (secondary N) is 1. The van der Waals surface area contributed by atoms with Gasteiger partial charge < -0.3 is 5.32 Å². The summed E-state index contributed by atoms with van der Waals surface area (Å²) in [6, 6.07) is 8.70. The quantitative estimate of drug-likeness (QED) is 0.593. The lowest BCUT2D eigenvalue weighted by Crippen LogP contribution is -2.23. The molecule has 1 atom stereocenters. The first-order valence-corrected chi connectivity index (χ1v) is 8.97. The van der Waals surface area contributed by atoms with Gasteiger partial charge in [0.1, 0.15) is 29.6 Å². The van der Waals surface area contributed by atoms with Crippen molar-refractivity contribution in [2.24, 2.45) is 0 Å². The molecule has 0 aliphatic rings. The Balaban J connectivity index is 1.69. The van der Waals surface area contributed by atoms with E-state index < -0.39 is 0 Å². The zero-order valence-corrected chi connectivity index (χ0v) is 14.9. The first-order valence-electron chi connectivity index (χ1n) is 8.09. The van der Waals surface area contributed by atoms with Crippen LogP contribution in [0, 0.1) is 6.92 Å². The summed E-state index contributed by atoms with van der Waals surface area (Å²) in [6.45, 7) is 4.92. The van der Waals surface area contributed by atoms with Crippen LogP contribution in [-0.4, -0.2) is 30.8 Å². The number of fused-ring (bicyclic) bond motifs is 1. The highest BCUT2D eigenvalue weighted by Gasteiger charge is 2.15. The third-order valence-electron chi connectivity index (χ3n) is 4.04. The summed E-state index contributed by atoms with van der Waals surface area (Å²) in [5, 5.41) is 10.9. The number of thiophene rings is 1. The average Bonchev–Trinajstić information content (AvgIpc) is 3.25. The molecule has 1 N–H and O–H groups in total. The van der Waals surface area contributed by atoms with Gasteiger partial charge in [-0.05, 0) is 19.4 Å². The molecule has 4 rings (SSSR count). The lowest BCUT2D eigenvalue weighted by Gasteiger charge is -2.15. The standard InChI is InChI=1S/C18H18N6S/c1-12-3-5-14(6-4-12)15-8-25-18-16(15)17(20-10-21-18)23-13(2)7-24-11-19-9-22-24/h3-6,8-11,13H,7H2,1-2H3,(H,20,21,23)/t13-/m0/s1. The van der Waals surface area contributed by atoms with E-state index in [0.29, 0.717) is 0 Å². The van der Waals surface area contributed by atoms with Crippen LogP contribution in [0.3, 0.4) is 0 Å². The van der Waals surface area contributed by atoms with Gasteiger partial charge in [0.2, 0.25) is 0 Å². The van der Waals surface area contributed by atoms with Crippen molar-refractivity contribution in [3.8, 4) is 11.1 Å². The lowest BCUT2D eigenvalue weighted by atomic mass is 10.0. The van der Waals surface area contributed by atoms with E-state index >= 15 is 0 Å². The van der Waals surface area contributed by atoms with Crippen molar-refractivity contribution in [3.63, 3.8) is 0 Å². The van der Waals surface area contributed by atoms with Crippen molar-refractivity contribution in [3.05, 3.63) is 54.2 Å². The first-order chi connectivity index (χ1) is 12.2. The van der Waals surface area contributed by atoms with E-state index in [-0.39, 0.29) is 6.04 Å². The zero-order valence-electron chi connectivity index (χ0n) is 14.0. The largest absolute Gasteiger partial charge is 0.365 e. The van der Waals surface area contributed by atoms with Gasteiger partial charge in [0, 0.05) is 17.0 Å². The van der Waals surface area contributed by atoms with Crippen molar-refractivity contribution in [2.45, 2.75) is 26.4 Å². The van der Waals surface area contributed by atoms with Gasteiger partial charge in [-0.2, -0.15) is 5.10 Å². The van der Waals surface area contributed by atoms with E-state index in [0.717, 1.165) is 28.1 Å². The van der Waals surface area contributed by atoms with E-state index in [9.17, 15) is 0 Å². The second-order valence-electron chi connectivity index (χ2n) is 6.08. The minimum Gasteiger partial charge on any atom is -0.365 e. The van der Waals surface area contributed by atoms with Gasteiger partial charge in [0.25, 0.3) is 0 Å². The van der Waals surface area contributed by atoms with Crippen molar-refractivity contribution in [2.75, 3.05) is 5.32 Å². The summed E-state index contributed by atoms with van der Waals surface area (Å²) in [6.07, 6.45) is 4.88. The molecule has 4 aromatic rings. The summed E-state index contributed by atoms with van der Waals surface area (Å²) in [4.78, 5) is 13.9. The van der Waals surface area contributed by atoms with Crippen LogP contribution in [0.25, 0.3) is 21.3 Å². The van der Waals surface area contributed by atoms with E-state index in [1.54, 1.807) is 30.3 Å². The number of anilines is 1. The van der Waals surface area contributed by atoms with Gasteiger partial charge in [0.05, 0.1) is 11.9 Å². The van der Waals surface area contributed by atoms with Crippen LogP contribution in [0.2, 0.25) is 0 Å². The second kappa shape index (κ2) is 6.60. The molecule has 0 fully saturated rings. The van der Waals surface area contributed by atoms with Crippen LogP contribution in [0.5, 0.6) is 0 Å². The smallest absolute Gasteiger partial charge is 0.139 e. The van der Waals surface area contributed by atoms with Crippen LogP contribution < -0.4 is 5.32 Å². The van der Waals surface area contributed by atoms with Crippen molar-refractivity contribution in [1.29, 1.82) is 0 Å². The van der Waals surface area contributed by atoms with Gasteiger partial charge in [-0.15, -0.1) is 11.3 Å². The number of aryl methyl sites for hydroxylation is 1. The molecule has 0 saturated carbocycles. The minimum atomic E-state index is 0.158. The van der Waals surface area contributed by atoms with E-state index in [1.807, 2.05) is 4.68 Å². The maximum absolute atomic E-state index is 4.49. The highest BCUT2D eigenvalue weighted by atomic mass is 32.1. The molecule has 0 unspecified atom stereocenters. The Bertz CT molecular complexity index is 975. The Morgan fingerprint density at radius 2 is 2.00 bits per heavy atom. The van der Waals surface area contributed by atoms with Crippen molar-refractivity contribution >= 4 is 27.4 Å². The topological polar surface area (TPSA) is 68.5 Å². The fourth-order valence-corrected chi connectivity index (χ4v) is 3.73. The zero-order chi connectivity index (χ0) is 17.2. The third kappa shape index (κ3) is 3.23. The van der Waals surface area contributed by atoms with Crippen molar-refractivity contribution in [1.82, 2.24) is 24.7 Å². The molecule has 0 aliphatic carbocycles. The fourth-order valence-electron chi connectivity index (χ4n) is 2.82. The molecule has 0 amide bonds. The van der Waals surface area contributed by atoms with Crippen LogP contribution in [0.1, 0.15) is 12.5 Å². The molecule has 0 bridgehead atoms. The molecule has 7 heteroatoms. The molecule has 3 heterocycles. The Morgan fingerprint density at radius 1 is 1.16 bits per heavy atom. The lowest BCUT2D eigenvalue weighted by molar-refractivity contribution is 0.558. The Labute approximate surface area is 149 Å². The number of rotatable bonds is 5. The molecule has 0 aliphatic heterocycles. The van der Waals surface area contributed by atoms with E-state index in [2.05, 4.69) is 68.9 Å². The van der Waals surface area contributed by atoms with Gasteiger partial charge in [-0.3, -0.25) is 4.68 Å². The summed E-state index contributed by atoms with van der Waals surface area (Å²) in [5.41, 5.74) is 3.59. The molecule has 6 nitrogen and oxygen atoms in total. The minimum absolute atomic E-state index is 0.158.